The van der Waals surface area contributed by atoms with E-state index in [2.05, 4.69) is 0 Å². The Balaban J connectivity index is 2.97. The van der Waals surface area contributed by atoms with E-state index in [-0.39, 0.29) is 6.61 Å². The van der Waals surface area contributed by atoms with Crippen molar-refractivity contribution >= 4 is 0 Å². The highest BCUT2D eigenvalue weighted by Gasteiger charge is 2.00. The summed E-state index contributed by atoms with van der Waals surface area (Å²) in [4.78, 5) is 0. The molecule has 0 aliphatic heterocycles. The summed E-state index contributed by atoms with van der Waals surface area (Å²) >= 11 is 0. The molecule has 0 spiro atoms. The topological polar surface area (TPSA) is 60.7 Å². The van der Waals surface area contributed by atoms with Crippen LogP contribution in [0.2, 0.25) is 0 Å². The standard InChI is InChI=1S/C19H40O3/c20-17-15-13-11-9-7-5-3-1-2-4-6-8-10-12-14-16-19(22)18-21/h19-22H,1-18H2. The minimum Gasteiger partial charge on any atom is -0.396 e. The fraction of sp³-hybridized carbons (Fsp3) is 1.00. The first-order valence-corrected chi connectivity index (χ1v) is 9.71. The second-order valence-electron chi connectivity index (χ2n) is 6.65. The fourth-order valence-corrected chi connectivity index (χ4v) is 2.88. The van der Waals surface area contributed by atoms with Gasteiger partial charge in [0, 0.05) is 6.61 Å². The van der Waals surface area contributed by atoms with E-state index in [4.69, 9.17) is 10.2 Å². The Morgan fingerprint density at radius 1 is 0.455 bits per heavy atom. The maximum atomic E-state index is 9.21. The molecule has 0 aromatic carbocycles. The smallest absolute Gasteiger partial charge is 0.0770 e. The number of hydrogen-bond donors (Lipinski definition) is 3. The Hall–Kier alpha value is -0.120. The van der Waals surface area contributed by atoms with Gasteiger partial charge in [0.05, 0.1) is 12.7 Å². The zero-order chi connectivity index (χ0) is 16.3. The lowest BCUT2D eigenvalue weighted by molar-refractivity contribution is 0.0860. The zero-order valence-electron chi connectivity index (χ0n) is 14.6. The van der Waals surface area contributed by atoms with E-state index in [0.717, 1.165) is 19.3 Å². The van der Waals surface area contributed by atoms with Crippen LogP contribution >= 0.6 is 0 Å². The molecule has 3 N–H and O–H groups in total. The Bertz CT molecular complexity index is 197. The summed E-state index contributed by atoms with van der Waals surface area (Å²) in [5.74, 6) is 0. The van der Waals surface area contributed by atoms with Crippen molar-refractivity contribution in [3.05, 3.63) is 0 Å². The van der Waals surface area contributed by atoms with Crippen LogP contribution in [-0.4, -0.2) is 34.6 Å². The molecule has 3 heteroatoms. The van der Waals surface area contributed by atoms with E-state index in [1.54, 1.807) is 0 Å². The average molecular weight is 317 g/mol. The second kappa shape index (κ2) is 18.9. The van der Waals surface area contributed by atoms with Crippen molar-refractivity contribution in [1.29, 1.82) is 0 Å². The predicted molar refractivity (Wildman–Crippen MR) is 94.1 cm³/mol. The summed E-state index contributed by atoms with van der Waals surface area (Å²) in [6.45, 7) is 0.257. The number of hydrogen-bond acceptors (Lipinski definition) is 3. The van der Waals surface area contributed by atoms with Crippen LogP contribution in [-0.2, 0) is 0 Å². The molecule has 0 radical (unpaired) electrons. The van der Waals surface area contributed by atoms with E-state index >= 15 is 0 Å². The van der Waals surface area contributed by atoms with Crippen molar-refractivity contribution in [2.45, 2.75) is 109 Å². The summed E-state index contributed by atoms with van der Waals surface area (Å²) in [7, 11) is 0. The lowest BCUT2D eigenvalue weighted by Gasteiger charge is -2.06. The van der Waals surface area contributed by atoms with Crippen LogP contribution in [0.3, 0.4) is 0 Å². The molecule has 0 amide bonds. The van der Waals surface area contributed by atoms with Crippen LogP contribution < -0.4 is 0 Å². The molecule has 0 rings (SSSR count). The van der Waals surface area contributed by atoms with Gasteiger partial charge in [-0.3, -0.25) is 0 Å². The molecule has 22 heavy (non-hydrogen) atoms. The molecule has 134 valence electrons. The largest absolute Gasteiger partial charge is 0.396 e. The lowest BCUT2D eigenvalue weighted by atomic mass is 10.0. The molecule has 0 aliphatic rings. The summed E-state index contributed by atoms with van der Waals surface area (Å²) in [5, 5.41) is 26.6. The summed E-state index contributed by atoms with van der Waals surface area (Å²) in [5.41, 5.74) is 0. The van der Waals surface area contributed by atoms with Gasteiger partial charge in [-0.15, -0.1) is 0 Å². The predicted octanol–water partition coefficient (Wildman–Crippen LogP) is 4.57. The zero-order valence-corrected chi connectivity index (χ0v) is 14.6. The number of aliphatic hydroxyl groups is 3. The third-order valence-electron chi connectivity index (χ3n) is 4.41. The van der Waals surface area contributed by atoms with Gasteiger partial charge in [0.2, 0.25) is 0 Å². The third-order valence-corrected chi connectivity index (χ3v) is 4.41. The minimum absolute atomic E-state index is 0.0946. The molecule has 3 nitrogen and oxygen atoms in total. The van der Waals surface area contributed by atoms with Gasteiger partial charge < -0.3 is 15.3 Å². The minimum atomic E-state index is -0.505. The van der Waals surface area contributed by atoms with E-state index in [0.29, 0.717) is 6.61 Å². The van der Waals surface area contributed by atoms with Gasteiger partial charge in [-0.1, -0.05) is 89.9 Å². The van der Waals surface area contributed by atoms with Crippen LogP contribution in [0.25, 0.3) is 0 Å². The van der Waals surface area contributed by atoms with E-state index in [1.807, 2.05) is 0 Å². The van der Waals surface area contributed by atoms with Crippen molar-refractivity contribution in [1.82, 2.24) is 0 Å². The van der Waals surface area contributed by atoms with Gasteiger partial charge in [0.15, 0.2) is 0 Å². The van der Waals surface area contributed by atoms with Gasteiger partial charge in [-0.05, 0) is 12.8 Å². The molecule has 0 fully saturated rings. The van der Waals surface area contributed by atoms with Crippen LogP contribution in [0, 0.1) is 0 Å². The average Bonchev–Trinajstić information content (AvgIpc) is 2.54. The first-order valence-electron chi connectivity index (χ1n) is 9.71. The highest BCUT2D eigenvalue weighted by Crippen LogP contribution is 2.13. The second-order valence-corrected chi connectivity index (χ2v) is 6.65. The molecular formula is C19H40O3. The van der Waals surface area contributed by atoms with Gasteiger partial charge in [-0.2, -0.15) is 0 Å². The monoisotopic (exact) mass is 316 g/mol. The molecule has 0 bridgehead atoms. The van der Waals surface area contributed by atoms with Gasteiger partial charge >= 0.3 is 0 Å². The van der Waals surface area contributed by atoms with Crippen LogP contribution in [0.15, 0.2) is 0 Å². The lowest BCUT2D eigenvalue weighted by Crippen LogP contribution is -2.10. The van der Waals surface area contributed by atoms with Crippen LogP contribution in [0.5, 0.6) is 0 Å². The Morgan fingerprint density at radius 2 is 0.773 bits per heavy atom. The summed E-state index contributed by atoms with van der Waals surface area (Å²) < 4.78 is 0. The summed E-state index contributed by atoms with van der Waals surface area (Å²) in [6, 6.07) is 0. The quantitative estimate of drug-likeness (QED) is 0.325. The highest BCUT2D eigenvalue weighted by molar-refractivity contribution is 4.54. The summed E-state index contributed by atoms with van der Waals surface area (Å²) in [6.07, 6.45) is 19.5. The SMILES string of the molecule is OCCCCCCCCCCCCCCCCCC(O)CO. The van der Waals surface area contributed by atoms with Crippen LogP contribution in [0.4, 0.5) is 0 Å². The van der Waals surface area contributed by atoms with Crippen molar-refractivity contribution in [2.75, 3.05) is 13.2 Å². The normalized spacial score (nSPS) is 12.7. The van der Waals surface area contributed by atoms with Crippen molar-refractivity contribution in [2.24, 2.45) is 0 Å². The van der Waals surface area contributed by atoms with E-state index < -0.39 is 6.10 Å². The van der Waals surface area contributed by atoms with Crippen LogP contribution in [0.1, 0.15) is 103 Å². The maximum absolute atomic E-state index is 9.21. The van der Waals surface area contributed by atoms with E-state index in [9.17, 15) is 5.11 Å². The molecule has 0 heterocycles. The van der Waals surface area contributed by atoms with Gasteiger partial charge in [0.25, 0.3) is 0 Å². The molecule has 1 unspecified atom stereocenters. The molecule has 1 atom stereocenters. The maximum Gasteiger partial charge on any atom is 0.0770 e. The first kappa shape index (κ1) is 21.9. The molecular weight excluding hydrogens is 276 g/mol. The Labute approximate surface area is 138 Å². The number of unbranched alkanes of at least 4 members (excludes halogenated alkanes) is 14. The molecule has 0 aromatic rings. The molecule has 0 saturated heterocycles. The Morgan fingerprint density at radius 3 is 1.09 bits per heavy atom. The first-order chi connectivity index (χ1) is 10.8. The Kier molecular flexibility index (Phi) is 18.8. The molecule has 0 aliphatic carbocycles. The van der Waals surface area contributed by atoms with E-state index in [1.165, 1.54) is 83.5 Å². The highest BCUT2D eigenvalue weighted by atomic mass is 16.3. The van der Waals surface area contributed by atoms with Crippen molar-refractivity contribution in [3.63, 3.8) is 0 Å². The third kappa shape index (κ3) is 17.9. The number of rotatable bonds is 18. The van der Waals surface area contributed by atoms with Gasteiger partial charge in [0.1, 0.15) is 0 Å². The molecule has 0 aromatic heterocycles. The van der Waals surface area contributed by atoms with Crippen molar-refractivity contribution < 1.29 is 15.3 Å². The fourth-order valence-electron chi connectivity index (χ4n) is 2.88. The number of aliphatic hydroxyl groups excluding tert-OH is 3. The molecule has 0 saturated carbocycles. The van der Waals surface area contributed by atoms with Crippen molar-refractivity contribution in [3.8, 4) is 0 Å². The van der Waals surface area contributed by atoms with Gasteiger partial charge in [-0.25, -0.2) is 0 Å².